The predicted molar refractivity (Wildman–Crippen MR) is 87.8 cm³/mol. The molecule has 0 spiro atoms. The number of nitrogens with one attached hydrogen (secondary N) is 2. The molecule has 0 heterocycles. The van der Waals surface area contributed by atoms with Gasteiger partial charge in [-0.25, -0.2) is 0 Å². The third-order valence-electron chi connectivity index (χ3n) is 4.23. The maximum atomic E-state index is 12.5. The van der Waals surface area contributed by atoms with Crippen molar-refractivity contribution >= 4 is 5.91 Å². The van der Waals surface area contributed by atoms with Crippen LogP contribution in [0.4, 0.5) is 0 Å². The van der Waals surface area contributed by atoms with Crippen molar-refractivity contribution in [1.29, 1.82) is 0 Å². The second kappa shape index (κ2) is 7.44. The molecule has 3 nitrogen and oxygen atoms in total. The van der Waals surface area contributed by atoms with Crippen molar-refractivity contribution in [3.05, 3.63) is 0 Å². The summed E-state index contributed by atoms with van der Waals surface area (Å²) in [5.74, 6) is 1.17. The van der Waals surface area contributed by atoms with Gasteiger partial charge < -0.3 is 10.6 Å². The highest BCUT2D eigenvalue weighted by atomic mass is 16.2. The molecule has 0 radical (unpaired) electrons. The number of carbonyl (C=O) groups excluding carboxylic acids is 1. The average Bonchev–Trinajstić information content (AvgIpc) is 2.24. The number of carbonyl (C=O) groups is 1. The van der Waals surface area contributed by atoms with Crippen LogP contribution >= 0.6 is 0 Å². The predicted octanol–water partition coefficient (Wildman–Crippen LogP) is 3.59. The first-order chi connectivity index (χ1) is 8.90. The van der Waals surface area contributed by atoms with Crippen LogP contribution < -0.4 is 10.6 Å². The molecule has 0 aromatic rings. The second-order valence-corrected chi connectivity index (χ2v) is 8.06. The Balaban J connectivity index is 4.92. The minimum atomic E-state index is -0.495. The van der Waals surface area contributed by atoms with Crippen LogP contribution in [0.25, 0.3) is 0 Å². The lowest BCUT2D eigenvalue weighted by atomic mass is 9.79. The number of rotatable bonds is 8. The van der Waals surface area contributed by atoms with E-state index in [9.17, 15) is 4.79 Å². The molecule has 0 aliphatic carbocycles. The number of hydrogen-bond acceptors (Lipinski definition) is 2. The molecule has 0 aliphatic heterocycles. The Morgan fingerprint density at radius 1 is 1.00 bits per heavy atom. The summed E-state index contributed by atoms with van der Waals surface area (Å²) in [6, 6.07) is 0.175. The van der Waals surface area contributed by atoms with Crippen LogP contribution in [-0.4, -0.2) is 24.0 Å². The van der Waals surface area contributed by atoms with Crippen LogP contribution in [0.15, 0.2) is 0 Å². The highest BCUT2D eigenvalue weighted by Gasteiger charge is 2.36. The fourth-order valence-corrected chi connectivity index (χ4v) is 2.11. The van der Waals surface area contributed by atoms with Crippen LogP contribution in [0, 0.1) is 17.3 Å². The molecule has 0 fully saturated rings. The SMILES string of the molecule is CC(C)CC(C)(NCC(C)(C)C(C)C)C(=O)NC(C)C. The van der Waals surface area contributed by atoms with E-state index in [0.29, 0.717) is 11.8 Å². The van der Waals surface area contributed by atoms with E-state index in [1.807, 2.05) is 20.8 Å². The molecule has 0 aromatic heterocycles. The first-order valence-corrected chi connectivity index (χ1v) is 7.96. The Kier molecular flexibility index (Phi) is 7.23. The Hall–Kier alpha value is -0.570. The van der Waals surface area contributed by atoms with Gasteiger partial charge in [0.2, 0.25) is 5.91 Å². The molecule has 0 saturated heterocycles. The molecule has 0 rings (SSSR count). The fraction of sp³-hybridized carbons (Fsp3) is 0.941. The molecule has 2 N–H and O–H groups in total. The lowest BCUT2D eigenvalue weighted by molar-refractivity contribution is -0.128. The van der Waals surface area contributed by atoms with Gasteiger partial charge in [0.15, 0.2) is 0 Å². The van der Waals surface area contributed by atoms with E-state index < -0.39 is 5.54 Å². The molecule has 0 aromatic carbocycles. The standard InChI is InChI=1S/C17H36N2O/c1-12(2)10-17(9,15(20)19-14(5)6)18-11-16(7,8)13(3)4/h12-14,18H,10-11H2,1-9H3,(H,19,20). The zero-order valence-electron chi connectivity index (χ0n) is 15.1. The fourth-order valence-electron chi connectivity index (χ4n) is 2.11. The third kappa shape index (κ3) is 6.25. The Morgan fingerprint density at radius 2 is 1.50 bits per heavy atom. The maximum absolute atomic E-state index is 12.5. The summed E-state index contributed by atoms with van der Waals surface area (Å²) in [5.41, 5.74) is -0.319. The van der Waals surface area contributed by atoms with Gasteiger partial charge in [-0.05, 0) is 44.4 Å². The van der Waals surface area contributed by atoms with Gasteiger partial charge in [0.25, 0.3) is 0 Å². The van der Waals surface area contributed by atoms with Crippen molar-refractivity contribution in [2.45, 2.75) is 80.3 Å². The molecule has 20 heavy (non-hydrogen) atoms. The third-order valence-corrected chi connectivity index (χ3v) is 4.23. The van der Waals surface area contributed by atoms with Crippen LogP contribution in [0.3, 0.4) is 0 Å². The van der Waals surface area contributed by atoms with Gasteiger partial charge >= 0.3 is 0 Å². The summed E-state index contributed by atoms with van der Waals surface area (Å²) in [7, 11) is 0. The van der Waals surface area contributed by atoms with Crippen LogP contribution in [0.1, 0.15) is 68.7 Å². The number of hydrogen-bond donors (Lipinski definition) is 2. The van der Waals surface area contributed by atoms with E-state index in [4.69, 9.17) is 0 Å². The summed E-state index contributed by atoms with van der Waals surface area (Å²) >= 11 is 0. The summed E-state index contributed by atoms with van der Waals surface area (Å²) in [6.07, 6.45) is 0.847. The minimum absolute atomic E-state index is 0.112. The Labute approximate surface area is 126 Å². The molecule has 0 saturated carbocycles. The number of amides is 1. The van der Waals surface area contributed by atoms with E-state index in [1.165, 1.54) is 0 Å². The summed E-state index contributed by atoms with van der Waals surface area (Å²) in [6.45, 7) is 20.2. The first kappa shape index (κ1) is 19.4. The maximum Gasteiger partial charge on any atom is 0.240 e. The quantitative estimate of drug-likeness (QED) is 0.715. The van der Waals surface area contributed by atoms with Crippen LogP contribution in [0.2, 0.25) is 0 Å². The van der Waals surface area contributed by atoms with Crippen molar-refractivity contribution in [2.24, 2.45) is 17.3 Å². The van der Waals surface area contributed by atoms with E-state index in [-0.39, 0.29) is 17.4 Å². The molecule has 1 unspecified atom stereocenters. The summed E-state index contributed by atoms with van der Waals surface area (Å²) < 4.78 is 0. The van der Waals surface area contributed by atoms with Gasteiger partial charge in [0, 0.05) is 12.6 Å². The highest BCUT2D eigenvalue weighted by Crippen LogP contribution is 2.27. The van der Waals surface area contributed by atoms with Crippen molar-refractivity contribution in [2.75, 3.05) is 6.54 Å². The molecule has 120 valence electrons. The normalized spacial score (nSPS) is 15.8. The first-order valence-electron chi connectivity index (χ1n) is 7.96. The Bertz CT molecular complexity index is 308. The largest absolute Gasteiger partial charge is 0.352 e. The second-order valence-electron chi connectivity index (χ2n) is 8.06. The smallest absolute Gasteiger partial charge is 0.240 e. The minimum Gasteiger partial charge on any atom is -0.352 e. The van der Waals surface area contributed by atoms with Crippen molar-refractivity contribution < 1.29 is 4.79 Å². The van der Waals surface area contributed by atoms with Gasteiger partial charge in [-0.2, -0.15) is 0 Å². The Morgan fingerprint density at radius 3 is 1.85 bits per heavy atom. The molecule has 0 aliphatic rings. The van der Waals surface area contributed by atoms with Gasteiger partial charge in [0.1, 0.15) is 0 Å². The van der Waals surface area contributed by atoms with Crippen LogP contribution in [0.5, 0.6) is 0 Å². The van der Waals surface area contributed by atoms with Crippen molar-refractivity contribution in [3.63, 3.8) is 0 Å². The molecule has 0 bridgehead atoms. The van der Waals surface area contributed by atoms with Crippen LogP contribution in [-0.2, 0) is 4.79 Å². The molecular weight excluding hydrogens is 248 g/mol. The van der Waals surface area contributed by atoms with E-state index in [0.717, 1.165) is 13.0 Å². The topological polar surface area (TPSA) is 41.1 Å². The molecule has 1 amide bonds. The summed E-state index contributed by atoms with van der Waals surface area (Å²) in [5, 5.41) is 6.59. The van der Waals surface area contributed by atoms with Crippen molar-refractivity contribution in [3.8, 4) is 0 Å². The van der Waals surface area contributed by atoms with Gasteiger partial charge in [-0.1, -0.05) is 41.5 Å². The lowest BCUT2D eigenvalue weighted by Gasteiger charge is -2.37. The highest BCUT2D eigenvalue weighted by molar-refractivity contribution is 5.86. The molecule has 1 atom stereocenters. The zero-order chi connectivity index (χ0) is 16.1. The van der Waals surface area contributed by atoms with Gasteiger partial charge in [-0.3, -0.25) is 4.79 Å². The molecule has 3 heteroatoms. The zero-order valence-corrected chi connectivity index (χ0v) is 15.1. The average molecular weight is 284 g/mol. The van der Waals surface area contributed by atoms with Gasteiger partial charge in [-0.15, -0.1) is 0 Å². The van der Waals surface area contributed by atoms with Gasteiger partial charge in [0.05, 0.1) is 5.54 Å². The molecular formula is C17H36N2O. The van der Waals surface area contributed by atoms with E-state index >= 15 is 0 Å². The summed E-state index contributed by atoms with van der Waals surface area (Å²) in [4.78, 5) is 12.5. The monoisotopic (exact) mass is 284 g/mol. The van der Waals surface area contributed by atoms with E-state index in [1.54, 1.807) is 0 Å². The van der Waals surface area contributed by atoms with E-state index in [2.05, 4.69) is 52.2 Å². The lowest BCUT2D eigenvalue weighted by Crippen LogP contribution is -2.58. The van der Waals surface area contributed by atoms with Crippen molar-refractivity contribution in [1.82, 2.24) is 10.6 Å².